The van der Waals surface area contributed by atoms with Gasteiger partial charge in [-0.1, -0.05) is 0 Å². The van der Waals surface area contributed by atoms with Gasteiger partial charge >= 0.3 is 6.18 Å². The second kappa shape index (κ2) is 7.60. The molecule has 1 aliphatic heterocycles. The van der Waals surface area contributed by atoms with Gasteiger partial charge in [-0.3, -0.25) is 9.78 Å². The third kappa shape index (κ3) is 4.25. The molecule has 3 heterocycles. The predicted molar refractivity (Wildman–Crippen MR) is 102 cm³/mol. The topological polar surface area (TPSA) is 72.4 Å². The van der Waals surface area contributed by atoms with Gasteiger partial charge in [-0.15, -0.1) is 0 Å². The van der Waals surface area contributed by atoms with Crippen LogP contribution in [0.25, 0.3) is 22.2 Å². The first-order valence-electron chi connectivity index (χ1n) is 9.55. The van der Waals surface area contributed by atoms with Crippen molar-refractivity contribution in [3.8, 4) is 11.3 Å². The molecule has 1 saturated heterocycles. The van der Waals surface area contributed by atoms with Gasteiger partial charge in [0.1, 0.15) is 11.3 Å². The number of furan rings is 1. The molecule has 164 valence electrons. The molecule has 0 aliphatic carbocycles. The van der Waals surface area contributed by atoms with Gasteiger partial charge in [-0.05, 0) is 30.3 Å². The van der Waals surface area contributed by atoms with Crippen molar-refractivity contribution in [3.05, 3.63) is 53.4 Å². The molecular weight excluding hydrogens is 421 g/mol. The quantitative estimate of drug-likeness (QED) is 0.593. The Labute approximate surface area is 173 Å². The number of halogens is 5. The zero-order chi connectivity index (χ0) is 22.4. The van der Waals surface area contributed by atoms with Crippen LogP contribution >= 0.6 is 0 Å². The summed E-state index contributed by atoms with van der Waals surface area (Å²) in [5, 5.41) is 0.444. The predicted octanol–water partition coefficient (Wildman–Crippen LogP) is 4.84. The fourth-order valence-corrected chi connectivity index (χ4v) is 3.59. The SMILES string of the molecule is NCc1cc2cc(-c3ccc(C(=O)N4CCC(F)(F)CC4)cn3)c(C(F)(F)F)cc2o1. The van der Waals surface area contributed by atoms with Crippen molar-refractivity contribution in [3.63, 3.8) is 0 Å². The average Bonchev–Trinajstić information content (AvgIpc) is 3.14. The van der Waals surface area contributed by atoms with E-state index < -0.39 is 36.4 Å². The average molecular weight is 439 g/mol. The van der Waals surface area contributed by atoms with E-state index in [1.807, 2.05) is 0 Å². The van der Waals surface area contributed by atoms with E-state index in [0.29, 0.717) is 11.1 Å². The first kappa shape index (κ1) is 21.2. The van der Waals surface area contributed by atoms with Gasteiger partial charge < -0.3 is 15.1 Å². The summed E-state index contributed by atoms with van der Waals surface area (Å²) in [6, 6.07) is 6.44. The number of hydrogen-bond acceptors (Lipinski definition) is 4. The summed E-state index contributed by atoms with van der Waals surface area (Å²) in [5.41, 5.74) is 4.61. The summed E-state index contributed by atoms with van der Waals surface area (Å²) < 4.78 is 72.9. The highest BCUT2D eigenvalue weighted by Gasteiger charge is 2.37. The highest BCUT2D eigenvalue weighted by atomic mass is 19.4. The largest absolute Gasteiger partial charge is 0.460 e. The maximum Gasteiger partial charge on any atom is 0.417 e. The monoisotopic (exact) mass is 439 g/mol. The van der Waals surface area contributed by atoms with Gasteiger partial charge in [0.25, 0.3) is 11.8 Å². The Hall–Kier alpha value is -3.01. The summed E-state index contributed by atoms with van der Waals surface area (Å²) >= 11 is 0. The van der Waals surface area contributed by atoms with Crippen LogP contribution in [0.5, 0.6) is 0 Å². The molecule has 0 atom stereocenters. The lowest BCUT2D eigenvalue weighted by Crippen LogP contribution is -2.42. The number of carbonyl (C=O) groups excluding carboxylic acids is 1. The first-order valence-corrected chi connectivity index (χ1v) is 9.55. The van der Waals surface area contributed by atoms with Crippen molar-refractivity contribution in [2.24, 2.45) is 5.73 Å². The molecule has 1 aliphatic rings. The van der Waals surface area contributed by atoms with E-state index in [4.69, 9.17) is 10.2 Å². The van der Waals surface area contributed by atoms with Crippen LogP contribution in [0.15, 0.2) is 40.9 Å². The van der Waals surface area contributed by atoms with Gasteiger partial charge in [0.05, 0.1) is 23.4 Å². The molecule has 2 aromatic heterocycles. The Morgan fingerprint density at radius 3 is 2.45 bits per heavy atom. The van der Waals surface area contributed by atoms with Gasteiger partial charge in [-0.25, -0.2) is 8.78 Å². The van der Waals surface area contributed by atoms with Gasteiger partial charge in [0.15, 0.2) is 0 Å². The number of hydrogen-bond donors (Lipinski definition) is 1. The first-order chi connectivity index (χ1) is 14.6. The van der Waals surface area contributed by atoms with Crippen molar-refractivity contribution in [2.45, 2.75) is 31.5 Å². The van der Waals surface area contributed by atoms with E-state index in [2.05, 4.69) is 4.98 Å². The van der Waals surface area contributed by atoms with Crippen LogP contribution in [0.1, 0.15) is 34.5 Å². The highest BCUT2D eigenvalue weighted by Crippen LogP contribution is 2.39. The van der Waals surface area contributed by atoms with Crippen molar-refractivity contribution >= 4 is 16.9 Å². The number of pyridine rings is 1. The third-order valence-corrected chi connectivity index (χ3v) is 5.28. The lowest BCUT2D eigenvalue weighted by Gasteiger charge is -2.31. The number of fused-ring (bicyclic) bond motifs is 1. The van der Waals surface area contributed by atoms with Gasteiger partial charge in [0, 0.05) is 43.1 Å². The Morgan fingerprint density at radius 2 is 1.87 bits per heavy atom. The number of amides is 1. The summed E-state index contributed by atoms with van der Waals surface area (Å²) in [6.07, 6.45) is -4.34. The van der Waals surface area contributed by atoms with Crippen molar-refractivity contribution in [1.29, 1.82) is 0 Å². The number of nitrogens with zero attached hydrogens (tertiary/aromatic N) is 2. The zero-order valence-electron chi connectivity index (χ0n) is 16.2. The van der Waals surface area contributed by atoms with Crippen LogP contribution in [0.4, 0.5) is 22.0 Å². The highest BCUT2D eigenvalue weighted by molar-refractivity contribution is 5.94. The van der Waals surface area contributed by atoms with Crippen LogP contribution < -0.4 is 5.73 Å². The maximum absolute atomic E-state index is 13.6. The number of carbonyl (C=O) groups is 1. The number of benzene rings is 1. The molecule has 1 amide bonds. The number of likely N-dealkylation sites (tertiary alicyclic amines) is 1. The Morgan fingerprint density at radius 1 is 1.16 bits per heavy atom. The second-order valence-electron chi connectivity index (χ2n) is 7.43. The number of alkyl halides is 5. The van der Waals surface area contributed by atoms with Gasteiger partial charge in [-0.2, -0.15) is 13.2 Å². The fraction of sp³-hybridized carbons (Fsp3) is 0.333. The number of piperidine rings is 1. The van der Waals surface area contributed by atoms with Crippen LogP contribution in [0.2, 0.25) is 0 Å². The van der Waals surface area contributed by atoms with E-state index >= 15 is 0 Å². The number of aromatic nitrogens is 1. The summed E-state index contributed by atoms with van der Waals surface area (Å²) in [7, 11) is 0. The molecule has 10 heteroatoms. The Balaban J connectivity index is 1.66. The van der Waals surface area contributed by atoms with E-state index in [0.717, 1.165) is 12.3 Å². The fourth-order valence-electron chi connectivity index (χ4n) is 3.59. The second-order valence-corrected chi connectivity index (χ2v) is 7.43. The van der Waals surface area contributed by atoms with E-state index in [9.17, 15) is 26.7 Å². The minimum absolute atomic E-state index is 0.0199. The summed E-state index contributed by atoms with van der Waals surface area (Å²) in [4.78, 5) is 17.9. The van der Waals surface area contributed by atoms with Crippen LogP contribution in [-0.2, 0) is 12.7 Å². The maximum atomic E-state index is 13.6. The molecule has 0 spiro atoms. The Kier molecular flexibility index (Phi) is 5.20. The van der Waals surface area contributed by atoms with Crippen LogP contribution in [-0.4, -0.2) is 34.8 Å². The lowest BCUT2D eigenvalue weighted by molar-refractivity contribution is -0.137. The molecule has 0 radical (unpaired) electrons. The standard InChI is InChI=1S/C21H18F5N3O2/c22-20(23)3-5-29(6-4-20)19(30)12-1-2-17(28-11-12)15-8-13-7-14(10-27)31-18(13)9-16(15)21(24,25)26/h1-2,7-9,11H,3-6,10,27H2. The molecule has 3 aromatic rings. The van der Waals surface area contributed by atoms with Crippen LogP contribution in [0, 0.1) is 0 Å². The van der Waals surface area contributed by atoms with Gasteiger partial charge in [0.2, 0.25) is 0 Å². The minimum Gasteiger partial charge on any atom is -0.460 e. The van der Waals surface area contributed by atoms with Crippen molar-refractivity contribution in [1.82, 2.24) is 9.88 Å². The molecule has 1 fully saturated rings. The zero-order valence-corrected chi connectivity index (χ0v) is 16.2. The van der Waals surface area contributed by atoms with E-state index in [1.54, 1.807) is 6.07 Å². The lowest BCUT2D eigenvalue weighted by atomic mass is 10.0. The van der Waals surface area contributed by atoms with Crippen molar-refractivity contribution < 1.29 is 31.2 Å². The molecule has 5 nitrogen and oxygen atoms in total. The number of rotatable bonds is 3. The van der Waals surface area contributed by atoms with E-state index in [-0.39, 0.29) is 42.0 Å². The molecule has 4 rings (SSSR count). The third-order valence-electron chi connectivity index (χ3n) is 5.28. The number of nitrogens with two attached hydrogens (primary N) is 1. The molecule has 2 N–H and O–H groups in total. The minimum atomic E-state index is -4.66. The molecule has 0 saturated carbocycles. The molecular formula is C21H18F5N3O2. The van der Waals surface area contributed by atoms with Crippen LogP contribution in [0.3, 0.4) is 0 Å². The summed E-state index contributed by atoms with van der Waals surface area (Å²) in [6.45, 7) is -0.137. The molecule has 1 aromatic carbocycles. The Bertz CT molecular complexity index is 1110. The summed E-state index contributed by atoms with van der Waals surface area (Å²) in [5.74, 6) is -2.92. The van der Waals surface area contributed by atoms with Crippen molar-refractivity contribution in [2.75, 3.05) is 13.1 Å². The molecule has 31 heavy (non-hydrogen) atoms. The normalized spacial score (nSPS) is 16.6. The smallest absolute Gasteiger partial charge is 0.417 e. The molecule has 0 unspecified atom stereocenters. The van der Waals surface area contributed by atoms with E-state index in [1.165, 1.54) is 23.1 Å². The molecule has 0 bridgehead atoms.